The van der Waals surface area contributed by atoms with Crippen LogP contribution in [0.3, 0.4) is 0 Å². The number of methoxy groups -OCH3 is 2. The van der Waals surface area contributed by atoms with Gasteiger partial charge in [-0.1, -0.05) is 0 Å². The molecule has 3 rings (SSSR count). The Bertz CT molecular complexity index is 1110. The van der Waals surface area contributed by atoms with Crippen LogP contribution in [0, 0.1) is 12.8 Å². The number of aryl methyl sites for hydroxylation is 1. The highest BCUT2D eigenvalue weighted by Gasteiger charge is 2.29. The number of aliphatic carboxylic acids is 1. The highest BCUT2D eigenvalue weighted by atomic mass is 16.5. The molecule has 10 nitrogen and oxygen atoms in total. The van der Waals surface area contributed by atoms with Crippen LogP contribution in [0.5, 0.6) is 11.5 Å². The molecule has 0 bridgehead atoms. The van der Waals surface area contributed by atoms with Crippen LogP contribution in [0.15, 0.2) is 21.3 Å². The second kappa shape index (κ2) is 9.71. The molecule has 10 heteroatoms. The number of carboxylic acids is 1. The molecule has 0 spiro atoms. The molecule has 2 heterocycles. The van der Waals surface area contributed by atoms with E-state index in [1.807, 2.05) is 0 Å². The maximum Gasteiger partial charge on any atom is 0.340 e. The molecule has 0 aliphatic carbocycles. The van der Waals surface area contributed by atoms with Crippen molar-refractivity contribution in [2.75, 3.05) is 33.9 Å². The lowest BCUT2D eigenvalue weighted by atomic mass is 9.96. The monoisotopic (exact) mass is 446 g/mol. The molecule has 32 heavy (non-hydrogen) atoms. The van der Waals surface area contributed by atoms with Crippen LogP contribution in [-0.2, 0) is 20.8 Å². The number of amides is 2. The van der Waals surface area contributed by atoms with Crippen molar-refractivity contribution in [2.24, 2.45) is 5.92 Å². The Balaban J connectivity index is 1.82. The number of carboxylic acid groups (broad SMARTS) is 1. The van der Waals surface area contributed by atoms with Crippen LogP contribution < -0.4 is 20.4 Å². The molecule has 1 aliphatic heterocycles. The number of benzene rings is 1. The summed E-state index contributed by atoms with van der Waals surface area (Å²) in [5, 5.41) is 11.7. The van der Waals surface area contributed by atoms with E-state index in [1.54, 1.807) is 19.1 Å². The predicted octanol–water partition coefficient (Wildman–Crippen LogP) is 1.10. The number of ether oxygens (including phenoxy) is 2. The van der Waals surface area contributed by atoms with Gasteiger partial charge in [0.15, 0.2) is 0 Å². The summed E-state index contributed by atoms with van der Waals surface area (Å²) < 4.78 is 16.1. The van der Waals surface area contributed by atoms with Crippen molar-refractivity contribution in [3.8, 4) is 11.5 Å². The molecular formula is C22H26N2O8. The van der Waals surface area contributed by atoms with E-state index in [9.17, 15) is 19.2 Å². The predicted molar refractivity (Wildman–Crippen MR) is 114 cm³/mol. The van der Waals surface area contributed by atoms with Crippen molar-refractivity contribution in [3.05, 3.63) is 33.7 Å². The quantitative estimate of drug-likeness (QED) is 0.604. The minimum Gasteiger partial charge on any atom is -0.496 e. The third-order valence-corrected chi connectivity index (χ3v) is 5.66. The Labute approximate surface area is 184 Å². The van der Waals surface area contributed by atoms with Crippen molar-refractivity contribution < 1.29 is 33.4 Å². The molecule has 172 valence electrons. The summed E-state index contributed by atoms with van der Waals surface area (Å²) in [7, 11) is 2.99. The van der Waals surface area contributed by atoms with Gasteiger partial charge in [0.25, 0.3) is 0 Å². The Kier molecular flexibility index (Phi) is 7.01. The zero-order valence-electron chi connectivity index (χ0n) is 18.2. The highest BCUT2D eigenvalue weighted by molar-refractivity contribution is 5.90. The minimum absolute atomic E-state index is 0.169. The molecule has 1 aromatic carbocycles. The third-order valence-electron chi connectivity index (χ3n) is 5.66. The molecule has 0 radical (unpaired) electrons. The number of carbonyl (C=O) groups excluding carboxylic acids is 2. The summed E-state index contributed by atoms with van der Waals surface area (Å²) in [4.78, 5) is 50.0. The number of hydrogen-bond donors (Lipinski definition) is 2. The largest absolute Gasteiger partial charge is 0.496 e. The first kappa shape index (κ1) is 23.1. The highest BCUT2D eigenvalue weighted by Crippen LogP contribution is 2.34. The maximum absolute atomic E-state index is 13.0. The van der Waals surface area contributed by atoms with Crippen molar-refractivity contribution in [1.29, 1.82) is 0 Å². The zero-order valence-corrected chi connectivity index (χ0v) is 18.2. The van der Waals surface area contributed by atoms with Gasteiger partial charge in [-0.2, -0.15) is 0 Å². The zero-order chi connectivity index (χ0) is 23.4. The number of hydrogen-bond acceptors (Lipinski definition) is 7. The molecular weight excluding hydrogens is 420 g/mol. The third kappa shape index (κ3) is 4.84. The van der Waals surface area contributed by atoms with E-state index in [0.29, 0.717) is 47.4 Å². The first-order chi connectivity index (χ1) is 15.2. The van der Waals surface area contributed by atoms with Gasteiger partial charge >= 0.3 is 11.6 Å². The van der Waals surface area contributed by atoms with Crippen molar-refractivity contribution in [2.45, 2.75) is 26.2 Å². The van der Waals surface area contributed by atoms with Crippen molar-refractivity contribution >= 4 is 28.8 Å². The van der Waals surface area contributed by atoms with Crippen LogP contribution in [0.4, 0.5) is 0 Å². The molecule has 2 N–H and O–H groups in total. The number of nitrogens with zero attached hydrogens (tertiary/aromatic N) is 1. The average molecular weight is 446 g/mol. The Hall–Kier alpha value is -3.56. The van der Waals surface area contributed by atoms with Crippen LogP contribution in [0.25, 0.3) is 11.0 Å². The van der Waals surface area contributed by atoms with Crippen molar-refractivity contribution in [1.82, 2.24) is 10.2 Å². The second-order valence-electron chi connectivity index (χ2n) is 7.66. The maximum atomic E-state index is 13.0. The van der Waals surface area contributed by atoms with Gasteiger partial charge in [0.05, 0.1) is 37.5 Å². The Morgan fingerprint density at radius 2 is 2.00 bits per heavy atom. The second-order valence-corrected chi connectivity index (χ2v) is 7.66. The summed E-state index contributed by atoms with van der Waals surface area (Å²) >= 11 is 0. The summed E-state index contributed by atoms with van der Waals surface area (Å²) in [6.07, 6.45) is 0.990. The lowest BCUT2D eigenvalue weighted by Crippen LogP contribution is -2.46. The van der Waals surface area contributed by atoms with Crippen LogP contribution in [0.1, 0.15) is 24.0 Å². The fourth-order valence-electron chi connectivity index (χ4n) is 3.95. The van der Waals surface area contributed by atoms with Gasteiger partial charge in [-0.05, 0) is 25.3 Å². The van der Waals surface area contributed by atoms with Gasteiger partial charge in [-0.3, -0.25) is 14.4 Å². The molecule has 0 unspecified atom stereocenters. The first-order valence-electron chi connectivity index (χ1n) is 10.2. The number of likely N-dealkylation sites (tertiary alicyclic amines) is 1. The Morgan fingerprint density at radius 3 is 2.66 bits per heavy atom. The van der Waals surface area contributed by atoms with Crippen molar-refractivity contribution in [3.63, 3.8) is 0 Å². The molecule has 1 atom stereocenters. The molecule has 1 saturated heterocycles. The summed E-state index contributed by atoms with van der Waals surface area (Å²) in [5.41, 5.74) is 0.486. The van der Waals surface area contributed by atoms with Gasteiger partial charge < -0.3 is 29.2 Å². The molecule has 1 aromatic heterocycles. The van der Waals surface area contributed by atoms with Crippen LogP contribution >= 0.6 is 0 Å². The average Bonchev–Trinajstić information content (AvgIpc) is 2.78. The van der Waals surface area contributed by atoms with E-state index >= 15 is 0 Å². The van der Waals surface area contributed by atoms with E-state index in [1.165, 1.54) is 19.1 Å². The van der Waals surface area contributed by atoms with E-state index in [2.05, 4.69) is 5.32 Å². The molecule has 1 aliphatic rings. The minimum atomic E-state index is -1.13. The normalized spacial score (nSPS) is 16.0. The van der Waals surface area contributed by atoms with Gasteiger partial charge in [-0.25, -0.2) is 4.79 Å². The summed E-state index contributed by atoms with van der Waals surface area (Å²) in [6, 6.07) is 3.26. The smallest absolute Gasteiger partial charge is 0.340 e. The van der Waals surface area contributed by atoms with E-state index in [-0.39, 0.29) is 24.4 Å². The van der Waals surface area contributed by atoms with E-state index in [0.717, 1.165) is 0 Å². The number of fused-ring (bicyclic) bond motifs is 1. The molecule has 0 saturated carbocycles. The van der Waals surface area contributed by atoms with Gasteiger partial charge in [0.2, 0.25) is 11.8 Å². The topological polar surface area (TPSA) is 135 Å². The summed E-state index contributed by atoms with van der Waals surface area (Å²) in [6.45, 7) is 1.89. The molecule has 1 fully saturated rings. The standard InChI is InChI=1S/C22H26N2O8/c1-12-15(22(29)32-17-8-14(30-2)7-16(31-3)20(12)17)9-18(25)24-6-4-5-13(11-24)21(28)23-10-19(26)27/h7-8,13H,4-6,9-11H2,1-3H3,(H,23,28)(H,26,27)/t13-/m1/s1. The fraction of sp³-hybridized carbons (Fsp3) is 0.455. The number of rotatable bonds is 7. The fourth-order valence-corrected chi connectivity index (χ4v) is 3.95. The van der Waals surface area contributed by atoms with E-state index in [4.69, 9.17) is 19.0 Å². The summed E-state index contributed by atoms with van der Waals surface area (Å²) in [5.74, 6) is -1.39. The SMILES string of the molecule is COc1cc(OC)c2c(C)c(CC(=O)N3CCC[C@@H](C(=O)NCC(=O)O)C3)c(=O)oc2c1. The number of carbonyl (C=O) groups is 3. The molecule has 2 aromatic rings. The lowest BCUT2D eigenvalue weighted by Gasteiger charge is -2.32. The van der Waals surface area contributed by atoms with Gasteiger partial charge in [0.1, 0.15) is 23.6 Å². The number of piperidine rings is 1. The van der Waals surface area contributed by atoms with Gasteiger partial charge in [-0.15, -0.1) is 0 Å². The molecule has 2 amide bonds. The van der Waals surface area contributed by atoms with Crippen LogP contribution in [0.2, 0.25) is 0 Å². The van der Waals surface area contributed by atoms with Crippen LogP contribution in [-0.4, -0.2) is 61.6 Å². The van der Waals surface area contributed by atoms with E-state index < -0.39 is 30.0 Å². The first-order valence-corrected chi connectivity index (χ1v) is 10.2. The Morgan fingerprint density at radius 1 is 1.25 bits per heavy atom. The number of nitrogens with one attached hydrogen (secondary N) is 1. The lowest BCUT2D eigenvalue weighted by molar-refractivity contribution is -0.140. The van der Waals surface area contributed by atoms with Gasteiger partial charge in [0, 0.05) is 25.2 Å².